The minimum Gasteiger partial charge on any atom is -0.489 e. The number of ether oxygens (including phenoxy) is 1. The average Bonchev–Trinajstić information content (AvgIpc) is 2.68. The van der Waals surface area contributed by atoms with Gasteiger partial charge in [0.25, 0.3) is 5.91 Å². The van der Waals surface area contributed by atoms with E-state index in [1.54, 1.807) is 55.0 Å². The minimum atomic E-state index is -0.283. The number of nitrogens with zero attached hydrogens (tertiary/aromatic N) is 2. The number of hydrazone groups is 1. The van der Waals surface area contributed by atoms with E-state index in [2.05, 4.69) is 31.4 Å². The van der Waals surface area contributed by atoms with Gasteiger partial charge in [-0.05, 0) is 59.7 Å². The molecule has 0 aliphatic carbocycles. The molecule has 0 spiro atoms. The molecule has 0 unspecified atom stereocenters. The van der Waals surface area contributed by atoms with E-state index in [1.807, 2.05) is 24.3 Å². The number of nitrogens with one attached hydrogen (secondary N) is 1. The van der Waals surface area contributed by atoms with E-state index >= 15 is 0 Å². The standard InChI is InChI=1S/C20H16BrN3O2/c21-18-3-1-2-16(12-18)14-26-19-6-4-17(5-7-19)20(25)24-23-13-15-8-10-22-11-9-15/h1-13H,14H2,(H,24,25)/b23-13+. The van der Waals surface area contributed by atoms with Gasteiger partial charge in [-0.3, -0.25) is 9.78 Å². The smallest absolute Gasteiger partial charge is 0.271 e. The van der Waals surface area contributed by atoms with Crippen LogP contribution < -0.4 is 10.2 Å². The van der Waals surface area contributed by atoms with Crippen molar-refractivity contribution in [3.05, 3.63) is 94.2 Å². The number of hydrogen-bond acceptors (Lipinski definition) is 4. The topological polar surface area (TPSA) is 63.6 Å². The van der Waals surface area contributed by atoms with Crippen LogP contribution in [-0.4, -0.2) is 17.1 Å². The van der Waals surface area contributed by atoms with Crippen molar-refractivity contribution in [2.45, 2.75) is 6.61 Å². The van der Waals surface area contributed by atoms with Crippen LogP contribution >= 0.6 is 15.9 Å². The van der Waals surface area contributed by atoms with E-state index < -0.39 is 0 Å². The summed E-state index contributed by atoms with van der Waals surface area (Å²) in [5, 5.41) is 3.94. The zero-order chi connectivity index (χ0) is 18.2. The molecule has 130 valence electrons. The normalized spacial score (nSPS) is 10.7. The highest BCUT2D eigenvalue weighted by atomic mass is 79.9. The van der Waals surface area contributed by atoms with E-state index in [0.717, 1.165) is 15.6 Å². The Morgan fingerprint density at radius 3 is 2.62 bits per heavy atom. The van der Waals surface area contributed by atoms with Gasteiger partial charge in [-0.15, -0.1) is 0 Å². The number of carbonyl (C=O) groups excluding carboxylic acids is 1. The van der Waals surface area contributed by atoms with Crippen LogP contribution in [0.1, 0.15) is 21.5 Å². The quantitative estimate of drug-likeness (QED) is 0.490. The van der Waals surface area contributed by atoms with Crippen LogP contribution in [0.4, 0.5) is 0 Å². The van der Waals surface area contributed by atoms with Gasteiger partial charge in [-0.25, -0.2) is 5.43 Å². The molecule has 26 heavy (non-hydrogen) atoms. The van der Waals surface area contributed by atoms with Gasteiger partial charge < -0.3 is 4.74 Å². The molecule has 2 aromatic carbocycles. The lowest BCUT2D eigenvalue weighted by Gasteiger charge is -2.07. The van der Waals surface area contributed by atoms with Crippen LogP contribution in [0.5, 0.6) is 5.75 Å². The van der Waals surface area contributed by atoms with Crippen molar-refractivity contribution in [1.29, 1.82) is 0 Å². The summed E-state index contributed by atoms with van der Waals surface area (Å²) in [6, 6.07) is 18.5. The fraction of sp³-hybridized carbons (Fsp3) is 0.0500. The summed E-state index contributed by atoms with van der Waals surface area (Å²) in [7, 11) is 0. The summed E-state index contributed by atoms with van der Waals surface area (Å²) in [5.74, 6) is 0.413. The Balaban J connectivity index is 1.53. The lowest BCUT2D eigenvalue weighted by Crippen LogP contribution is -2.17. The van der Waals surface area contributed by atoms with Gasteiger partial charge in [0.1, 0.15) is 12.4 Å². The monoisotopic (exact) mass is 409 g/mol. The van der Waals surface area contributed by atoms with Crippen molar-refractivity contribution >= 4 is 28.1 Å². The summed E-state index contributed by atoms with van der Waals surface area (Å²) in [4.78, 5) is 16.0. The maximum absolute atomic E-state index is 12.1. The first-order chi connectivity index (χ1) is 12.7. The number of carbonyl (C=O) groups is 1. The Kier molecular flexibility index (Phi) is 6.11. The van der Waals surface area contributed by atoms with Crippen LogP contribution in [-0.2, 0) is 6.61 Å². The molecule has 3 rings (SSSR count). The fourth-order valence-electron chi connectivity index (χ4n) is 2.18. The van der Waals surface area contributed by atoms with Crippen molar-refractivity contribution in [1.82, 2.24) is 10.4 Å². The number of halogens is 1. The molecule has 1 aromatic heterocycles. The van der Waals surface area contributed by atoms with Gasteiger partial charge in [0, 0.05) is 22.4 Å². The lowest BCUT2D eigenvalue weighted by molar-refractivity contribution is 0.0955. The zero-order valence-corrected chi connectivity index (χ0v) is 15.4. The van der Waals surface area contributed by atoms with Crippen molar-refractivity contribution in [2.75, 3.05) is 0 Å². The lowest BCUT2D eigenvalue weighted by atomic mass is 10.2. The Hall–Kier alpha value is -2.99. The molecule has 1 N–H and O–H groups in total. The van der Waals surface area contributed by atoms with E-state index in [1.165, 1.54) is 0 Å². The number of amides is 1. The fourth-order valence-corrected chi connectivity index (χ4v) is 2.62. The first kappa shape index (κ1) is 17.8. The number of rotatable bonds is 6. The van der Waals surface area contributed by atoms with Crippen LogP contribution in [0.2, 0.25) is 0 Å². The van der Waals surface area contributed by atoms with Crippen molar-refractivity contribution < 1.29 is 9.53 Å². The van der Waals surface area contributed by atoms with Crippen LogP contribution in [0.25, 0.3) is 0 Å². The predicted molar refractivity (Wildman–Crippen MR) is 104 cm³/mol. The third-order valence-corrected chi connectivity index (χ3v) is 3.99. The first-order valence-electron chi connectivity index (χ1n) is 7.91. The Morgan fingerprint density at radius 2 is 1.88 bits per heavy atom. The van der Waals surface area contributed by atoms with Crippen LogP contribution in [0, 0.1) is 0 Å². The van der Waals surface area contributed by atoms with Gasteiger partial charge >= 0.3 is 0 Å². The second-order valence-corrected chi connectivity index (χ2v) is 6.34. The number of aromatic nitrogens is 1. The Labute approximate surface area is 159 Å². The molecular weight excluding hydrogens is 394 g/mol. The maximum atomic E-state index is 12.1. The summed E-state index contributed by atoms with van der Waals surface area (Å²) in [5.41, 5.74) is 4.92. The molecule has 1 heterocycles. The molecule has 0 aliphatic heterocycles. The van der Waals surface area contributed by atoms with Gasteiger partial charge in [0.2, 0.25) is 0 Å². The van der Waals surface area contributed by atoms with E-state index in [0.29, 0.717) is 17.9 Å². The molecule has 3 aromatic rings. The second kappa shape index (κ2) is 8.92. The summed E-state index contributed by atoms with van der Waals surface area (Å²) >= 11 is 3.43. The maximum Gasteiger partial charge on any atom is 0.271 e. The number of pyridine rings is 1. The molecule has 0 saturated heterocycles. The predicted octanol–water partition coefficient (Wildman–Crippen LogP) is 4.19. The molecule has 0 saturated carbocycles. The van der Waals surface area contributed by atoms with Gasteiger partial charge in [0.05, 0.1) is 6.21 Å². The highest BCUT2D eigenvalue weighted by Crippen LogP contribution is 2.16. The molecule has 6 heteroatoms. The second-order valence-electron chi connectivity index (χ2n) is 5.42. The summed E-state index contributed by atoms with van der Waals surface area (Å²) in [6.07, 6.45) is 4.89. The highest BCUT2D eigenvalue weighted by Gasteiger charge is 2.04. The number of hydrogen-bond donors (Lipinski definition) is 1. The highest BCUT2D eigenvalue weighted by molar-refractivity contribution is 9.10. The largest absolute Gasteiger partial charge is 0.489 e. The van der Waals surface area contributed by atoms with Crippen molar-refractivity contribution in [3.63, 3.8) is 0 Å². The number of benzene rings is 2. The first-order valence-corrected chi connectivity index (χ1v) is 8.71. The Bertz CT molecular complexity index is 896. The minimum absolute atomic E-state index is 0.283. The SMILES string of the molecule is O=C(N/N=C/c1ccncc1)c1ccc(OCc2cccc(Br)c2)cc1. The average molecular weight is 410 g/mol. The third-order valence-electron chi connectivity index (χ3n) is 3.50. The van der Waals surface area contributed by atoms with Crippen molar-refractivity contribution in [2.24, 2.45) is 5.10 Å². The van der Waals surface area contributed by atoms with E-state index in [9.17, 15) is 4.79 Å². The van der Waals surface area contributed by atoms with Gasteiger partial charge in [-0.1, -0.05) is 28.1 Å². The van der Waals surface area contributed by atoms with Crippen LogP contribution in [0.15, 0.2) is 82.6 Å². The summed E-state index contributed by atoms with van der Waals surface area (Å²) in [6.45, 7) is 0.460. The molecule has 0 bridgehead atoms. The molecule has 0 radical (unpaired) electrons. The molecule has 1 amide bonds. The molecular formula is C20H16BrN3O2. The molecule has 5 nitrogen and oxygen atoms in total. The molecule has 0 aliphatic rings. The van der Waals surface area contributed by atoms with Crippen LogP contribution in [0.3, 0.4) is 0 Å². The van der Waals surface area contributed by atoms with E-state index in [4.69, 9.17) is 4.74 Å². The van der Waals surface area contributed by atoms with Crippen molar-refractivity contribution in [3.8, 4) is 5.75 Å². The zero-order valence-electron chi connectivity index (χ0n) is 13.8. The Morgan fingerprint density at radius 1 is 1.12 bits per heavy atom. The molecule has 0 atom stereocenters. The van der Waals surface area contributed by atoms with Gasteiger partial charge in [-0.2, -0.15) is 5.10 Å². The molecule has 0 fully saturated rings. The van der Waals surface area contributed by atoms with E-state index in [-0.39, 0.29) is 5.91 Å². The van der Waals surface area contributed by atoms with Gasteiger partial charge in [0.15, 0.2) is 0 Å². The summed E-state index contributed by atoms with van der Waals surface area (Å²) < 4.78 is 6.74. The third kappa shape index (κ3) is 5.26.